The molecule has 4 nitrogen and oxygen atoms in total. The zero-order valence-electron chi connectivity index (χ0n) is 9.71. The van der Waals surface area contributed by atoms with E-state index in [-0.39, 0.29) is 11.3 Å². The first kappa shape index (κ1) is 12.5. The third kappa shape index (κ3) is 4.18. The molecule has 4 heteroatoms. The zero-order valence-corrected chi connectivity index (χ0v) is 9.71. The van der Waals surface area contributed by atoms with Crippen molar-refractivity contribution in [1.29, 1.82) is 5.41 Å². The topological polar surface area (TPSA) is 68.3 Å². The maximum atomic E-state index is 7.40. The van der Waals surface area contributed by atoms with Crippen LogP contribution in [-0.2, 0) is 9.47 Å². The van der Waals surface area contributed by atoms with Crippen molar-refractivity contribution in [2.75, 3.05) is 26.4 Å². The van der Waals surface area contributed by atoms with Gasteiger partial charge < -0.3 is 15.2 Å². The Hall–Kier alpha value is -0.610. The number of nitrogens with two attached hydrogens (primary N) is 1. The number of hydrogen-bond acceptors (Lipinski definition) is 3. The average Bonchev–Trinajstić information content (AvgIpc) is 2.64. The Labute approximate surface area is 91.6 Å². The highest BCUT2D eigenvalue weighted by atomic mass is 16.5. The van der Waals surface area contributed by atoms with E-state index in [1.54, 1.807) is 0 Å². The number of rotatable bonds is 6. The van der Waals surface area contributed by atoms with Crippen LogP contribution < -0.4 is 5.73 Å². The van der Waals surface area contributed by atoms with E-state index < -0.39 is 0 Å². The van der Waals surface area contributed by atoms with E-state index in [4.69, 9.17) is 20.6 Å². The van der Waals surface area contributed by atoms with Crippen molar-refractivity contribution in [3.8, 4) is 0 Å². The van der Waals surface area contributed by atoms with E-state index in [9.17, 15) is 0 Å². The molecule has 3 N–H and O–H groups in total. The molecule has 88 valence electrons. The quantitative estimate of drug-likeness (QED) is 0.399. The molecule has 0 aromatic heterocycles. The summed E-state index contributed by atoms with van der Waals surface area (Å²) in [7, 11) is 0. The summed E-state index contributed by atoms with van der Waals surface area (Å²) in [5.74, 6) is 0.792. The van der Waals surface area contributed by atoms with E-state index >= 15 is 0 Å². The van der Waals surface area contributed by atoms with Gasteiger partial charge in [0.15, 0.2) is 0 Å². The Morgan fingerprint density at radius 2 is 2.33 bits per heavy atom. The van der Waals surface area contributed by atoms with Gasteiger partial charge in [0, 0.05) is 24.5 Å². The molecule has 0 saturated carbocycles. The molecule has 1 saturated heterocycles. The second-order valence-electron chi connectivity index (χ2n) is 4.85. The van der Waals surface area contributed by atoms with Crippen LogP contribution in [0.15, 0.2) is 0 Å². The molecule has 0 aromatic carbocycles. The first-order valence-electron chi connectivity index (χ1n) is 5.52. The summed E-state index contributed by atoms with van der Waals surface area (Å²) in [6, 6.07) is 0. The van der Waals surface area contributed by atoms with Gasteiger partial charge in [0.25, 0.3) is 0 Å². The summed E-state index contributed by atoms with van der Waals surface area (Å²) >= 11 is 0. The molecule has 0 aromatic rings. The van der Waals surface area contributed by atoms with Gasteiger partial charge in [0.2, 0.25) is 0 Å². The normalized spacial score (nSPS) is 21.9. The number of amidine groups is 1. The van der Waals surface area contributed by atoms with Gasteiger partial charge in [-0.25, -0.2) is 0 Å². The minimum Gasteiger partial charge on any atom is -0.387 e. The summed E-state index contributed by atoms with van der Waals surface area (Å²) in [4.78, 5) is 0. The van der Waals surface area contributed by atoms with Crippen molar-refractivity contribution >= 4 is 5.84 Å². The van der Waals surface area contributed by atoms with Crippen LogP contribution in [0.25, 0.3) is 0 Å². The molecule has 1 aliphatic heterocycles. The minimum atomic E-state index is -0.244. The van der Waals surface area contributed by atoms with Crippen molar-refractivity contribution < 1.29 is 9.47 Å². The molecule has 0 spiro atoms. The minimum absolute atomic E-state index is 0.232. The van der Waals surface area contributed by atoms with Crippen LogP contribution in [0.5, 0.6) is 0 Å². The summed E-state index contributed by atoms with van der Waals surface area (Å²) in [6.45, 7) is 7.08. The van der Waals surface area contributed by atoms with E-state index in [0.717, 1.165) is 32.7 Å². The van der Waals surface area contributed by atoms with Gasteiger partial charge in [-0.1, -0.05) is 13.8 Å². The van der Waals surface area contributed by atoms with Crippen molar-refractivity contribution in [3.05, 3.63) is 0 Å². The van der Waals surface area contributed by atoms with Crippen LogP contribution in [0, 0.1) is 16.7 Å². The molecular formula is C11H22N2O2. The third-order valence-electron chi connectivity index (χ3n) is 2.98. The van der Waals surface area contributed by atoms with E-state index in [2.05, 4.69) is 0 Å². The largest absolute Gasteiger partial charge is 0.387 e. The van der Waals surface area contributed by atoms with E-state index in [1.165, 1.54) is 0 Å². The Morgan fingerprint density at radius 1 is 1.60 bits per heavy atom. The molecule has 0 bridgehead atoms. The lowest BCUT2D eigenvalue weighted by Crippen LogP contribution is -2.32. The average molecular weight is 214 g/mol. The SMILES string of the molecule is CC(C)(CCOCC1CCOC1)C(=N)N. The molecule has 1 unspecified atom stereocenters. The third-order valence-corrected chi connectivity index (χ3v) is 2.98. The van der Waals surface area contributed by atoms with Crippen LogP contribution in [0.3, 0.4) is 0 Å². The standard InChI is InChI=1S/C11H22N2O2/c1-11(2,10(12)13)4-6-15-8-9-3-5-14-7-9/h9H,3-8H2,1-2H3,(H3,12,13). The molecule has 1 aliphatic rings. The fourth-order valence-corrected chi connectivity index (χ4v) is 1.43. The highest BCUT2D eigenvalue weighted by Gasteiger charge is 2.21. The molecule has 15 heavy (non-hydrogen) atoms. The van der Waals surface area contributed by atoms with Gasteiger partial charge in [0.1, 0.15) is 0 Å². The van der Waals surface area contributed by atoms with Crippen molar-refractivity contribution in [3.63, 3.8) is 0 Å². The maximum absolute atomic E-state index is 7.40. The highest BCUT2D eigenvalue weighted by Crippen LogP contribution is 2.20. The smallest absolute Gasteiger partial charge is 0.0963 e. The first-order valence-corrected chi connectivity index (χ1v) is 5.52. The summed E-state index contributed by atoms with van der Waals surface area (Å²) in [5, 5.41) is 7.40. The Balaban J connectivity index is 2.08. The summed E-state index contributed by atoms with van der Waals surface area (Å²) in [5.41, 5.74) is 5.24. The monoisotopic (exact) mass is 214 g/mol. The van der Waals surface area contributed by atoms with Gasteiger partial charge in [-0.3, -0.25) is 5.41 Å². The fourth-order valence-electron chi connectivity index (χ4n) is 1.43. The molecule has 1 atom stereocenters. The first-order chi connectivity index (χ1) is 7.02. The van der Waals surface area contributed by atoms with Gasteiger partial charge in [-0.15, -0.1) is 0 Å². The molecule has 0 amide bonds. The van der Waals surface area contributed by atoms with Crippen molar-refractivity contribution in [2.45, 2.75) is 26.7 Å². The molecule has 0 aliphatic carbocycles. The fraction of sp³-hybridized carbons (Fsp3) is 0.909. The summed E-state index contributed by atoms with van der Waals surface area (Å²) < 4.78 is 10.8. The highest BCUT2D eigenvalue weighted by molar-refractivity contribution is 5.82. The lowest BCUT2D eigenvalue weighted by Gasteiger charge is -2.22. The van der Waals surface area contributed by atoms with Crippen LogP contribution in [0.2, 0.25) is 0 Å². The van der Waals surface area contributed by atoms with Gasteiger partial charge in [-0.2, -0.15) is 0 Å². The van der Waals surface area contributed by atoms with Crippen LogP contribution in [0.1, 0.15) is 26.7 Å². The Morgan fingerprint density at radius 3 is 2.87 bits per heavy atom. The lowest BCUT2D eigenvalue weighted by atomic mass is 9.88. The molecule has 1 fully saturated rings. The molecule has 1 heterocycles. The van der Waals surface area contributed by atoms with Crippen molar-refractivity contribution in [1.82, 2.24) is 0 Å². The number of hydrogen-bond donors (Lipinski definition) is 2. The number of nitrogens with one attached hydrogen (secondary N) is 1. The van der Waals surface area contributed by atoms with Gasteiger partial charge >= 0.3 is 0 Å². The van der Waals surface area contributed by atoms with Gasteiger partial charge in [0.05, 0.1) is 19.0 Å². The Bertz CT molecular complexity index is 211. The molecular weight excluding hydrogens is 192 g/mol. The molecule has 1 rings (SSSR count). The van der Waals surface area contributed by atoms with E-state index in [0.29, 0.717) is 12.5 Å². The maximum Gasteiger partial charge on any atom is 0.0963 e. The second-order valence-corrected chi connectivity index (χ2v) is 4.85. The number of ether oxygens (including phenoxy) is 2. The van der Waals surface area contributed by atoms with Crippen LogP contribution >= 0.6 is 0 Å². The lowest BCUT2D eigenvalue weighted by molar-refractivity contribution is 0.0785. The van der Waals surface area contributed by atoms with Gasteiger partial charge in [-0.05, 0) is 12.8 Å². The predicted octanol–water partition coefficient (Wildman–Crippen LogP) is 1.39. The molecule has 0 radical (unpaired) electrons. The van der Waals surface area contributed by atoms with Crippen LogP contribution in [-0.4, -0.2) is 32.3 Å². The second kappa shape index (κ2) is 5.47. The Kier molecular flexibility index (Phi) is 4.54. The van der Waals surface area contributed by atoms with E-state index in [1.807, 2.05) is 13.8 Å². The summed E-state index contributed by atoms with van der Waals surface area (Å²) in [6.07, 6.45) is 1.91. The van der Waals surface area contributed by atoms with Crippen LogP contribution in [0.4, 0.5) is 0 Å². The van der Waals surface area contributed by atoms with Crippen molar-refractivity contribution in [2.24, 2.45) is 17.1 Å². The zero-order chi connectivity index (χ0) is 11.3. The predicted molar refractivity (Wildman–Crippen MR) is 60.1 cm³/mol.